The molecule has 0 nitrogen and oxygen atoms in total. The van der Waals surface area contributed by atoms with Gasteiger partial charge >= 0.3 is 0 Å². The first-order chi connectivity index (χ1) is 11.3. The zero-order chi connectivity index (χ0) is 16.1. The molecule has 0 atom stereocenters. The Labute approximate surface area is 142 Å². The van der Waals surface area contributed by atoms with Crippen LogP contribution in [-0.2, 0) is 6.42 Å². The SMILES string of the molecule is CCCCCc1ccc2cc(C3CCC(CC)CC3)ccc2c1. The second-order valence-corrected chi connectivity index (χ2v) is 7.52. The van der Waals surface area contributed by atoms with Gasteiger partial charge in [-0.3, -0.25) is 0 Å². The highest BCUT2D eigenvalue weighted by molar-refractivity contribution is 5.84. The van der Waals surface area contributed by atoms with Crippen LogP contribution in [0.2, 0.25) is 0 Å². The molecule has 1 aliphatic rings. The van der Waals surface area contributed by atoms with Crippen LogP contribution < -0.4 is 0 Å². The molecule has 2 aromatic rings. The monoisotopic (exact) mass is 308 g/mol. The fourth-order valence-corrected chi connectivity index (χ4v) is 4.21. The number of unbranched alkanes of at least 4 members (excludes halogenated alkanes) is 2. The Morgan fingerprint density at radius 2 is 1.57 bits per heavy atom. The van der Waals surface area contributed by atoms with Crippen molar-refractivity contribution in [1.82, 2.24) is 0 Å². The van der Waals surface area contributed by atoms with Gasteiger partial charge in [0.15, 0.2) is 0 Å². The van der Waals surface area contributed by atoms with Gasteiger partial charge in [0.25, 0.3) is 0 Å². The summed E-state index contributed by atoms with van der Waals surface area (Å²) in [5, 5.41) is 2.85. The van der Waals surface area contributed by atoms with Gasteiger partial charge < -0.3 is 0 Å². The van der Waals surface area contributed by atoms with Gasteiger partial charge in [0.1, 0.15) is 0 Å². The molecule has 0 amide bonds. The number of hydrogen-bond acceptors (Lipinski definition) is 0. The summed E-state index contributed by atoms with van der Waals surface area (Å²) < 4.78 is 0. The van der Waals surface area contributed by atoms with Crippen molar-refractivity contribution in [3.63, 3.8) is 0 Å². The average molecular weight is 309 g/mol. The molecule has 0 radical (unpaired) electrons. The summed E-state index contributed by atoms with van der Waals surface area (Å²) in [6, 6.07) is 14.3. The van der Waals surface area contributed by atoms with Gasteiger partial charge in [-0.1, -0.05) is 69.5 Å². The standard InChI is InChI=1S/C23H32/c1-3-5-6-7-19-10-13-23-17-22(15-14-21(23)16-19)20-11-8-18(4-2)9-12-20/h10,13-18,20H,3-9,11-12H2,1-2H3. The number of rotatable bonds is 6. The van der Waals surface area contributed by atoms with E-state index in [4.69, 9.17) is 0 Å². The molecular formula is C23H32. The highest BCUT2D eigenvalue weighted by Gasteiger charge is 2.21. The van der Waals surface area contributed by atoms with Crippen LogP contribution in [0.1, 0.15) is 82.3 Å². The van der Waals surface area contributed by atoms with Crippen LogP contribution in [0.3, 0.4) is 0 Å². The third-order valence-corrected chi connectivity index (χ3v) is 5.89. The Hall–Kier alpha value is -1.30. The molecule has 0 saturated heterocycles. The molecule has 0 aliphatic heterocycles. The summed E-state index contributed by atoms with van der Waals surface area (Å²) in [6.45, 7) is 4.62. The first kappa shape index (κ1) is 16.6. The minimum atomic E-state index is 0.798. The second-order valence-electron chi connectivity index (χ2n) is 7.52. The van der Waals surface area contributed by atoms with Crippen LogP contribution >= 0.6 is 0 Å². The lowest BCUT2D eigenvalue weighted by Crippen LogP contribution is -2.12. The van der Waals surface area contributed by atoms with Gasteiger partial charge in [0.05, 0.1) is 0 Å². The maximum atomic E-state index is 2.46. The molecular weight excluding hydrogens is 276 g/mol. The van der Waals surface area contributed by atoms with E-state index in [2.05, 4.69) is 50.2 Å². The van der Waals surface area contributed by atoms with Gasteiger partial charge in [-0.05, 0) is 72.3 Å². The van der Waals surface area contributed by atoms with Gasteiger partial charge in [-0.25, -0.2) is 0 Å². The maximum absolute atomic E-state index is 2.46. The molecule has 1 saturated carbocycles. The van der Waals surface area contributed by atoms with E-state index in [1.807, 2.05) is 0 Å². The molecule has 2 aromatic carbocycles. The van der Waals surface area contributed by atoms with Crippen LogP contribution in [0.25, 0.3) is 10.8 Å². The maximum Gasteiger partial charge on any atom is -0.0162 e. The summed E-state index contributed by atoms with van der Waals surface area (Å²) in [4.78, 5) is 0. The molecule has 23 heavy (non-hydrogen) atoms. The Kier molecular flexibility index (Phi) is 5.75. The van der Waals surface area contributed by atoms with Gasteiger partial charge in [-0.15, -0.1) is 0 Å². The fourth-order valence-electron chi connectivity index (χ4n) is 4.21. The van der Waals surface area contributed by atoms with Crippen molar-refractivity contribution >= 4 is 10.8 Å². The van der Waals surface area contributed by atoms with E-state index in [-0.39, 0.29) is 0 Å². The Morgan fingerprint density at radius 1 is 0.826 bits per heavy atom. The first-order valence-electron chi connectivity index (χ1n) is 9.82. The van der Waals surface area contributed by atoms with E-state index in [1.165, 1.54) is 74.1 Å². The van der Waals surface area contributed by atoms with E-state index < -0.39 is 0 Å². The zero-order valence-electron chi connectivity index (χ0n) is 15.0. The third-order valence-electron chi connectivity index (χ3n) is 5.89. The normalized spacial score (nSPS) is 21.7. The van der Waals surface area contributed by atoms with Gasteiger partial charge in [0, 0.05) is 0 Å². The molecule has 0 bridgehead atoms. The predicted molar refractivity (Wildman–Crippen MR) is 102 cm³/mol. The topological polar surface area (TPSA) is 0 Å². The molecule has 0 aromatic heterocycles. The number of fused-ring (bicyclic) bond motifs is 1. The van der Waals surface area contributed by atoms with E-state index in [0.717, 1.165) is 11.8 Å². The molecule has 1 aliphatic carbocycles. The van der Waals surface area contributed by atoms with Crippen LogP contribution in [0.5, 0.6) is 0 Å². The smallest absolute Gasteiger partial charge is 0.0162 e. The van der Waals surface area contributed by atoms with E-state index >= 15 is 0 Å². The van der Waals surface area contributed by atoms with Gasteiger partial charge in [-0.2, -0.15) is 0 Å². The lowest BCUT2D eigenvalue weighted by molar-refractivity contribution is 0.319. The highest BCUT2D eigenvalue weighted by atomic mass is 14.3. The quantitative estimate of drug-likeness (QED) is 0.493. The second kappa shape index (κ2) is 7.99. The first-order valence-corrected chi connectivity index (χ1v) is 9.82. The minimum Gasteiger partial charge on any atom is -0.0654 e. The highest BCUT2D eigenvalue weighted by Crippen LogP contribution is 2.37. The van der Waals surface area contributed by atoms with Gasteiger partial charge in [0.2, 0.25) is 0 Å². The van der Waals surface area contributed by atoms with Crippen LogP contribution in [-0.4, -0.2) is 0 Å². The molecule has 124 valence electrons. The molecule has 0 spiro atoms. The molecule has 0 unspecified atom stereocenters. The Morgan fingerprint density at radius 3 is 2.30 bits per heavy atom. The lowest BCUT2D eigenvalue weighted by Gasteiger charge is -2.28. The summed E-state index contributed by atoms with van der Waals surface area (Å²) >= 11 is 0. The van der Waals surface area contributed by atoms with E-state index in [1.54, 1.807) is 5.56 Å². The van der Waals surface area contributed by atoms with Crippen molar-refractivity contribution in [3.05, 3.63) is 47.5 Å². The number of benzene rings is 2. The lowest BCUT2D eigenvalue weighted by atomic mass is 9.77. The molecule has 0 N–H and O–H groups in total. The fraction of sp³-hybridized carbons (Fsp3) is 0.565. The summed E-state index contributed by atoms with van der Waals surface area (Å²) in [6.07, 6.45) is 12.2. The Bertz CT molecular complexity index is 617. The third kappa shape index (κ3) is 4.16. The summed E-state index contributed by atoms with van der Waals surface area (Å²) in [5.74, 6) is 1.78. The minimum absolute atomic E-state index is 0.798. The van der Waals surface area contributed by atoms with Crippen molar-refractivity contribution in [1.29, 1.82) is 0 Å². The molecule has 1 fully saturated rings. The van der Waals surface area contributed by atoms with Crippen LogP contribution in [0.15, 0.2) is 36.4 Å². The van der Waals surface area contributed by atoms with Crippen molar-refractivity contribution in [2.45, 2.75) is 77.6 Å². The Balaban J connectivity index is 1.71. The number of hydrogen-bond donors (Lipinski definition) is 0. The zero-order valence-corrected chi connectivity index (χ0v) is 15.0. The van der Waals surface area contributed by atoms with Crippen LogP contribution in [0.4, 0.5) is 0 Å². The van der Waals surface area contributed by atoms with Crippen LogP contribution in [0, 0.1) is 5.92 Å². The predicted octanol–water partition coefficient (Wildman–Crippen LogP) is 7.26. The van der Waals surface area contributed by atoms with Crippen molar-refractivity contribution < 1.29 is 0 Å². The van der Waals surface area contributed by atoms with Crippen molar-refractivity contribution in [2.24, 2.45) is 5.92 Å². The summed E-state index contributed by atoms with van der Waals surface area (Å²) in [5.41, 5.74) is 3.08. The largest absolute Gasteiger partial charge is 0.0654 e. The molecule has 0 heterocycles. The number of aryl methyl sites for hydroxylation is 1. The summed E-state index contributed by atoms with van der Waals surface area (Å²) in [7, 11) is 0. The molecule has 0 heteroatoms. The van der Waals surface area contributed by atoms with Crippen molar-refractivity contribution in [2.75, 3.05) is 0 Å². The van der Waals surface area contributed by atoms with Crippen molar-refractivity contribution in [3.8, 4) is 0 Å². The van der Waals surface area contributed by atoms with E-state index in [0.29, 0.717) is 0 Å². The van der Waals surface area contributed by atoms with E-state index in [9.17, 15) is 0 Å². The molecule has 3 rings (SSSR count). The average Bonchev–Trinajstić information content (AvgIpc) is 2.61.